The highest BCUT2D eigenvalue weighted by Crippen LogP contribution is 2.13. The first-order valence-corrected chi connectivity index (χ1v) is 12.6. The monoisotopic (exact) mass is 474 g/mol. The molecule has 0 spiro atoms. The molecule has 0 saturated carbocycles. The summed E-state index contributed by atoms with van der Waals surface area (Å²) in [5, 5.41) is 36.5. The van der Waals surface area contributed by atoms with Gasteiger partial charge in [0, 0.05) is 0 Å². The van der Waals surface area contributed by atoms with Crippen molar-refractivity contribution in [2.75, 3.05) is 13.2 Å². The SMILES string of the molecule is CCCCCCCCCCCCCCCCC=COCC(O)COC(C(=O)O)C(O)C(=O)O. The van der Waals surface area contributed by atoms with Gasteiger partial charge in [-0.3, -0.25) is 0 Å². The largest absolute Gasteiger partial charge is 0.499 e. The second-order valence-corrected chi connectivity index (χ2v) is 8.62. The van der Waals surface area contributed by atoms with Crippen LogP contribution in [0.15, 0.2) is 12.3 Å². The van der Waals surface area contributed by atoms with Gasteiger partial charge in [-0.2, -0.15) is 0 Å². The second-order valence-electron chi connectivity index (χ2n) is 8.62. The Bertz CT molecular complexity index is 509. The van der Waals surface area contributed by atoms with Crippen molar-refractivity contribution in [2.45, 2.75) is 122 Å². The quantitative estimate of drug-likeness (QED) is 0.117. The predicted octanol–water partition coefficient (Wildman–Crippen LogP) is 4.66. The van der Waals surface area contributed by atoms with Crippen molar-refractivity contribution >= 4 is 11.9 Å². The van der Waals surface area contributed by atoms with Crippen molar-refractivity contribution in [1.29, 1.82) is 0 Å². The molecular formula is C25H46O8. The number of aliphatic carboxylic acids is 2. The number of carboxylic acid groups (broad SMARTS) is 2. The summed E-state index contributed by atoms with van der Waals surface area (Å²) in [6.07, 6.45) is 17.4. The van der Waals surface area contributed by atoms with E-state index in [4.69, 9.17) is 19.7 Å². The number of carbonyl (C=O) groups is 2. The van der Waals surface area contributed by atoms with E-state index in [1.54, 1.807) is 0 Å². The van der Waals surface area contributed by atoms with Gasteiger partial charge in [0.1, 0.15) is 12.7 Å². The van der Waals surface area contributed by atoms with E-state index in [-0.39, 0.29) is 6.61 Å². The standard InChI is InChI=1S/C25H46O8/c1-2-3-4-5-6-7-8-9-10-11-12-13-14-15-16-17-18-32-19-21(26)20-33-23(25(30)31)22(27)24(28)29/h17-18,21-23,26-27H,2-16,19-20H2,1H3,(H,28,29)(H,30,31). The van der Waals surface area contributed by atoms with Crippen LogP contribution in [0.3, 0.4) is 0 Å². The average molecular weight is 475 g/mol. The van der Waals surface area contributed by atoms with E-state index in [2.05, 4.69) is 6.92 Å². The first-order valence-electron chi connectivity index (χ1n) is 12.6. The van der Waals surface area contributed by atoms with Crippen molar-refractivity contribution in [1.82, 2.24) is 0 Å². The molecule has 0 aromatic rings. The Morgan fingerprint density at radius 3 is 1.67 bits per heavy atom. The molecule has 0 saturated heterocycles. The normalized spacial score (nSPS) is 14.3. The molecule has 194 valence electrons. The van der Waals surface area contributed by atoms with Crippen molar-refractivity contribution in [2.24, 2.45) is 0 Å². The molecule has 0 radical (unpaired) electrons. The van der Waals surface area contributed by atoms with Crippen LogP contribution in [-0.4, -0.2) is 63.9 Å². The summed E-state index contributed by atoms with van der Waals surface area (Å²) in [6.45, 7) is 1.67. The number of ether oxygens (including phenoxy) is 2. The lowest BCUT2D eigenvalue weighted by Crippen LogP contribution is -2.43. The molecule has 0 aromatic carbocycles. The van der Waals surface area contributed by atoms with Gasteiger partial charge in [-0.25, -0.2) is 9.59 Å². The van der Waals surface area contributed by atoms with Crippen molar-refractivity contribution < 1.29 is 39.5 Å². The number of aliphatic hydroxyl groups is 2. The van der Waals surface area contributed by atoms with Gasteiger partial charge in [0.2, 0.25) is 0 Å². The van der Waals surface area contributed by atoms with Crippen molar-refractivity contribution in [3.8, 4) is 0 Å². The minimum atomic E-state index is -2.21. The van der Waals surface area contributed by atoms with Crippen LogP contribution in [0.4, 0.5) is 0 Å². The van der Waals surface area contributed by atoms with Crippen LogP contribution < -0.4 is 0 Å². The van der Waals surface area contributed by atoms with Gasteiger partial charge in [-0.05, 0) is 18.9 Å². The van der Waals surface area contributed by atoms with Gasteiger partial charge in [-0.15, -0.1) is 0 Å². The highest BCUT2D eigenvalue weighted by molar-refractivity contribution is 5.83. The molecule has 0 aliphatic rings. The zero-order chi connectivity index (χ0) is 24.7. The number of rotatable bonds is 24. The Morgan fingerprint density at radius 2 is 1.21 bits per heavy atom. The summed E-state index contributed by atoms with van der Waals surface area (Å²) in [5.74, 6) is -3.33. The summed E-state index contributed by atoms with van der Waals surface area (Å²) in [7, 11) is 0. The third-order valence-electron chi connectivity index (χ3n) is 5.46. The molecule has 0 bridgehead atoms. The maximum atomic E-state index is 10.9. The Labute approximate surface area is 199 Å². The van der Waals surface area contributed by atoms with Gasteiger partial charge < -0.3 is 29.9 Å². The van der Waals surface area contributed by atoms with Crippen molar-refractivity contribution in [3.05, 3.63) is 12.3 Å². The maximum Gasteiger partial charge on any atom is 0.336 e. The van der Waals surface area contributed by atoms with Crippen molar-refractivity contribution in [3.63, 3.8) is 0 Å². The lowest BCUT2D eigenvalue weighted by molar-refractivity contribution is -0.173. The Balaban J connectivity index is 3.52. The lowest BCUT2D eigenvalue weighted by atomic mass is 10.0. The second kappa shape index (κ2) is 22.2. The number of hydrogen-bond acceptors (Lipinski definition) is 6. The molecule has 0 aromatic heterocycles. The molecule has 0 amide bonds. The van der Waals surface area contributed by atoms with Gasteiger partial charge in [0.15, 0.2) is 12.2 Å². The molecule has 0 heterocycles. The molecule has 8 heteroatoms. The summed E-state index contributed by atoms with van der Waals surface area (Å²) in [4.78, 5) is 21.6. The Morgan fingerprint density at radius 1 is 0.727 bits per heavy atom. The zero-order valence-electron chi connectivity index (χ0n) is 20.3. The third kappa shape index (κ3) is 19.5. The molecule has 33 heavy (non-hydrogen) atoms. The van der Waals surface area contributed by atoms with Crippen LogP contribution in [-0.2, 0) is 19.1 Å². The van der Waals surface area contributed by atoms with Crippen LogP contribution >= 0.6 is 0 Å². The predicted molar refractivity (Wildman–Crippen MR) is 127 cm³/mol. The number of unbranched alkanes of at least 4 members (excludes halogenated alkanes) is 14. The van der Waals surface area contributed by atoms with Crippen LogP contribution in [0.25, 0.3) is 0 Å². The fraction of sp³-hybridized carbons (Fsp3) is 0.840. The van der Waals surface area contributed by atoms with Gasteiger partial charge in [0.25, 0.3) is 0 Å². The topological polar surface area (TPSA) is 134 Å². The van der Waals surface area contributed by atoms with Crippen LogP contribution in [0.1, 0.15) is 103 Å². The first kappa shape index (κ1) is 31.4. The van der Waals surface area contributed by atoms with E-state index in [1.807, 2.05) is 6.08 Å². The molecule has 3 unspecified atom stereocenters. The van der Waals surface area contributed by atoms with E-state index in [0.29, 0.717) is 0 Å². The highest BCUT2D eigenvalue weighted by atomic mass is 16.5. The molecule has 0 rings (SSSR count). The maximum absolute atomic E-state index is 10.9. The van der Waals surface area contributed by atoms with E-state index in [0.717, 1.165) is 12.8 Å². The third-order valence-corrected chi connectivity index (χ3v) is 5.46. The molecule has 4 N–H and O–H groups in total. The van der Waals surface area contributed by atoms with Crippen LogP contribution in [0.5, 0.6) is 0 Å². The summed E-state index contributed by atoms with van der Waals surface area (Å²) < 4.78 is 9.97. The van der Waals surface area contributed by atoms with E-state index < -0.39 is 36.9 Å². The first-order chi connectivity index (χ1) is 15.9. The number of allylic oxidation sites excluding steroid dienone is 1. The fourth-order valence-corrected chi connectivity index (χ4v) is 3.45. The summed E-state index contributed by atoms with van der Waals surface area (Å²) in [6, 6.07) is 0. The van der Waals surface area contributed by atoms with E-state index in [1.165, 1.54) is 89.7 Å². The van der Waals surface area contributed by atoms with E-state index in [9.17, 15) is 19.8 Å². The van der Waals surface area contributed by atoms with Gasteiger partial charge >= 0.3 is 11.9 Å². The molecule has 0 aliphatic carbocycles. The Kier molecular flexibility index (Phi) is 21.1. The number of carboxylic acids is 2. The molecule has 8 nitrogen and oxygen atoms in total. The van der Waals surface area contributed by atoms with Crippen LogP contribution in [0, 0.1) is 0 Å². The molecule has 0 fully saturated rings. The van der Waals surface area contributed by atoms with E-state index >= 15 is 0 Å². The number of aliphatic hydroxyl groups excluding tert-OH is 2. The lowest BCUT2D eigenvalue weighted by Gasteiger charge is -2.18. The smallest absolute Gasteiger partial charge is 0.336 e. The Hall–Kier alpha value is -1.64. The highest BCUT2D eigenvalue weighted by Gasteiger charge is 2.33. The summed E-state index contributed by atoms with van der Waals surface area (Å²) >= 11 is 0. The average Bonchev–Trinajstić information content (AvgIpc) is 2.77. The number of hydrogen-bond donors (Lipinski definition) is 4. The fourth-order valence-electron chi connectivity index (χ4n) is 3.45. The molecule has 0 aliphatic heterocycles. The minimum Gasteiger partial charge on any atom is -0.499 e. The summed E-state index contributed by atoms with van der Waals surface area (Å²) in [5.41, 5.74) is 0. The van der Waals surface area contributed by atoms with Gasteiger partial charge in [-0.1, -0.05) is 90.4 Å². The minimum absolute atomic E-state index is 0.120. The van der Waals surface area contributed by atoms with Gasteiger partial charge in [0.05, 0.1) is 12.9 Å². The zero-order valence-corrected chi connectivity index (χ0v) is 20.3. The van der Waals surface area contributed by atoms with Crippen LogP contribution in [0.2, 0.25) is 0 Å². The molecule has 3 atom stereocenters. The molecular weight excluding hydrogens is 428 g/mol.